The first-order chi connectivity index (χ1) is 7.83. The molecule has 2 nitrogen and oxygen atoms in total. The van der Waals surface area contributed by atoms with E-state index in [1.807, 2.05) is 12.1 Å². The maximum Gasteiger partial charge on any atom is 0.0451 e. The molecule has 16 heavy (non-hydrogen) atoms. The van der Waals surface area contributed by atoms with Crippen LogP contribution in [0.3, 0.4) is 0 Å². The van der Waals surface area contributed by atoms with E-state index in [2.05, 4.69) is 22.3 Å². The average molecular weight is 237 g/mol. The molecule has 2 fully saturated rings. The Morgan fingerprint density at radius 1 is 1.19 bits per heavy atom. The molecule has 0 spiro atoms. The number of nitrogens with zero attached hydrogens (tertiary/aromatic N) is 1. The number of nitrogens with one attached hydrogen (secondary N) is 1. The highest BCUT2D eigenvalue weighted by Gasteiger charge is 2.35. The van der Waals surface area contributed by atoms with Gasteiger partial charge in [0.15, 0.2) is 0 Å². The van der Waals surface area contributed by atoms with Crippen molar-refractivity contribution >= 4 is 11.6 Å². The van der Waals surface area contributed by atoms with Crippen LogP contribution in [0.15, 0.2) is 24.3 Å². The number of halogens is 1. The second-order valence-corrected chi connectivity index (χ2v) is 5.37. The Morgan fingerprint density at radius 3 is 2.56 bits per heavy atom. The second kappa shape index (κ2) is 4.36. The van der Waals surface area contributed by atoms with E-state index < -0.39 is 0 Å². The lowest BCUT2D eigenvalue weighted by molar-refractivity contribution is 0.306. The molecule has 2 unspecified atom stereocenters. The number of hydrogen-bond donors (Lipinski definition) is 1. The maximum absolute atomic E-state index is 6.18. The van der Waals surface area contributed by atoms with Crippen molar-refractivity contribution in [1.82, 2.24) is 10.2 Å². The van der Waals surface area contributed by atoms with Crippen LogP contribution in [0.1, 0.15) is 5.56 Å². The smallest absolute Gasteiger partial charge is 0.0451 e. The van der Waals surface area contributed by atoms with E-state index >= 15 is 0 Å². The van der Waals surface area contributed by atoms with Crippen molar-refractivity contribution in [2.24, 2.45) is 11.8 Å². The van der Waals surface area contributed by atoms with Crippen molar-refractivity contribution in [3.63, 3.8) is 0 Å². The molecular weight excluding hydrogens is 220 g/mol. The van der Waals surface area contributed by atoms with Crippen LogP contribution in [0.25, 0.3) is 0 Å². The highest BCUT2D eigenvalue weighted by molar-refractivity contribution is 6.31. The first-order valence-electron chi connectivity index (χ1n) is 5.99. The molecule has 3 rings (SSSR count). The fourth-order valence-corrected chi connectivity index (χ4v) is 3.14. The van der Waals surface area contributed by atoms with E-state index in [4.69, 9.17) is 11.6 Å². The third kappa shape index (κ3) is 1.97. The van der Waals surface area contributed by atoms with Crippen molar-refractivity contribution in [2.75, 3.05) is 26.2 Å². The standard InChI is InChI=1S/C13H17ClN2/c14-13-4-2-1-3-10(13)7-16-8-11-5-15-6-12(11)9-16/h1-4,11-12,15H,5-9H2. The Hall–Kier alpha value is -0.570. The molecule has 0 aliphatic carbocycles. The second-order valence-electron chi connectivity index (χ2n) is 4.96. The van der Waals surface area contributed by atoms with Crippen molar-refractivity contribution < 1.29 is 0 Å². The molecule has 3 heteroatoms. The minimum atomic E-state index is 0.863. The molecule has 2 atom stereocenters. The minimum absolute atomic E-state index is 0.863. The quantitative estimate of drug-likeness (QED) is 0.845. The van der Waals surface area contributed by atoms with Gasteiger partial charge in [0.2, 0.25) is 0 Å². The van der Waals surface area contributed by atoms with Crippen molar-refractivity contribution in [2.45, 2.75) is 6.54 Å². The van der Waals surface area contributed by atoms with Gasteiger partial charge in [-0.2, -0.15) is 0 Å². The number of fused-ring (bicyclic) bond motifs is 1. The van der Waals surface area contributed by atoms with E-state index in [0.29, 0.717) is 0 Å². The van der Waals surface area contributed by atoms with Crippen LogP contribution in [-0.2, 0) is 6.54 Å². The Bertz CT molecular complexity index is 368. The molecule has 0 aromatic heterocycles. The van der Waals surface area contributed by atoms with Crippen LogP contribution in [-0.4, -0.2) is 31.1 Å². The third-order valence-corrected chi connectivity index (χ3v) is 4.19. The van der Waals surface area contributed by atoms with Crippen LogP contribution < -0.4 is 5.32 Å². The highest BCUT2D eigenvalue weighted by atomic mass is 35.5. The Morgan fingerprint density at radius 2 is 1.88 bits per heavy atom. The van der Waals surface area contributed by atoms with Gasteiger partial charge in [-0.25, -0.2) is 0 Å². The molecule has 2 aliphatic heterocycles. The molecule has 0 saturated carbocycles. The van der Waals surface area contributed by atoms with Crippen molar-refractivity contribution in [1.29, 1.82) is 0 Å². The van der Waals surface area contributed by atoms with Crippen molar-refractivity contribution in [3.05, 3.63) is 34.9 Å². The van der Waals surface area contributed by atoms with Gasteiger partial charge in [0.1, 0.15) is 0 Å². The van der Waals surface area contributed by atoms with Gasteiger partial charge in [-0.1, -0.05) is 29.8 Å². The molecule has 0 amide bonds. The van der Waals surface area contributed by atoms with Crippen LogP contribution in [0.2, 0.25) is 5.02 Å². The molecule has 1 aromatic rings. The lowest BCUT2D eigenvalue weighted by atomic mass is 10.0. The summed E-state index contributed by atoms with van der Waals surface area (Å²) in [5.74, 6) is 1.73. The van der Waals surface area contributed by atoms with E-state index in [9.17, 15) is 0 Å². The molecule has 0 radical (unpaired) electrons. The average Bonchev–Trinajstić information content (AvgIpc) is 2.81. The summed E-state index contributed by atoms with van der Waals surface area (Å²) < 4.78 is 0. The largest absolute Gasteiger partial charge is 0.316 e. The normalized spacial score (nSPS) is 29.6. The molecule has 86 valence electrons. The third-order valence-electron chi connectivity index (χ3n) is 3.82. The van der Waals surface area contributed by atoms with Crippen LogP contribution in [0, 0.1) is 11.8 Å². The summed E-state index contributed by atoms with van der Waals surface area (Å²) in [7, 11) is 0. The van der Waals surface area contributed by atoms with Crippen LogP contribution in [0.5, 0.6) is 0 Å². The zero-order chi connectivity index (χ0) is 11.0. The van der Waals surface area contributed by atoms with Gasteiger partial charge in [-0.15, -0.1) is 0 Å². The molecular formula is C13H17ClN2. The van der Waals surface area contributed by atoms with Gasteiger partial charge in [0.05, 0.1) is 0 Å². The number of likely N-dealkylation sites (tertiary alicyclic amines) is 1. The monoisotopic (exact) mass is 236 g/mol. The molecule has 2 heterocycles. The Kier molecular flexibility index (Phi) is 2.88. The molecule has 1 aromatic carbocycles. The topological polar surface area (TPSA) is 15.3 Å². The van der Waals surface area contributed by atoms with Gasteiger partial charge in [-0.3, -0.25) is 4.90 Å². The van der Waals surface area contributed by atoms with E-state index in [-0.39, 0.29) is 0 Å². The van der Waals surface area contributed by atoms with Crippen molar-refractivity contribution in [3.8, 4) is 0 Å². The number of hydrogen-bond acceptors (Lipinski definition) is 2. The van der Waals surface area contributed by atoms with Gasteiger partial charge in [0.25, 0.3) is 0 Å². The van der Waals surface area contributed by atoms with Crippen LogP contribution >= 0.6 is 11.6 Å². The summed E-state index contributed by atoms with van der Waals surface area (Å²) in [5, 5.41) is 4.37. The SMILES string of the molecule is Clc1ccccc1CN1CC2CNCC2C1. The predicted octanol–water partition coefficient (Wildman–Crippen LogP) is 1.99. The highest BCUT2D eigenvalue weighted by Crippen LogP contribution is 2.28. The first kappa shape index (κ1) is 10.6. The molecule has 2 saturated heterocycles. The molecule has 2 aliphatic rings. The zero-order valence-corrected chi connectivity index (χ0v) is 10.1. The van der Waals surface area contributed by atoms with E-state index in [0.717, 1.165) is 23.4 Å². The number of rotatable bonds is 2. The lowest BCUT2D eigenvalue weighted by Crippen LogP contribution is -2.25. The summed E-state index contributed by atoms with van der Waals surface area (Å²) >= 11 is 6.18. The fourth-order valence-electron chi connectivity index (χ4n) is 2.95. The van der Waals surface area contributed by atoms with Gasteiger partial charge >= 0.3 is 0 Å². The Balaban J connectivity index is 1.66. The predicted molar refractivity (Wildman–Crippen MR) is 66.6 cm³/mol. The van der Waals surface area contributed by atoms with E-state index in [1.165, 1.54) is 31.7 Å². The number of benzene rings is 1. The minimum Gasteiger partial charge on any atom is -0.316 e. The Labute approximate surface area is 102 Å². The fraction of sp³-hybridized carbons (Fsp3) is 0.538. The summed E-state index contributed by atoms with van der Waals surface area (Å²) in [4.78, 5) is 2.54. The summed E-state index contributed by atoms with van der Waals surface area (Å²) in [6.45, 7) is 5.85. The molecule has 0 bridgehead atoms. The van der Waals surface area contributed by atoms with Gasteiger partial charge < -0.3 is 5.32 Å². The maximum atomic E-state index is 6.18. The first-order valence-corrected chi connectivity index (χ1v) is 6.37. The molecule has 1 N–H and O–H groups in total. The van der Waals surface area contributed by atoms with E-state index in [1.54, 1.807) is 0 Å². The van der Waals surface area contributed by atoms with Gasteiger partial charge in [-0.05, 0) is 36.6 Å². The zero-order valence-electron chi connectivity index (χ0n) is 9.32. The summed E-state index contributed by atoms with van der Waals surface area (Å²) in [6, 6.07) is 8.18. The van der Waals surface area contributed by atoms with Gasteiger partial charge in [0, 0.05) is 24.7 Å². The lowest BCUT2D eigenvalue weighted by Gasteiger charge is -2.17. The summed E-state index contributed by atoms with van der Waals surface area (Å²) in [6.07, 6.45) is 0. The summed E-state index contributed by atoms with van der Waals surface area (Å²) in [5.41, 5.74) is 1.26. The van der Waals surface area contributed by atoms with Crippen LogP contribution in [0.4, 0.5) is 0 Å².